The lowest BCUT2D eigenvalue weighted by Gasteiger charge is -2.21. The normalized spacial score (nSPS) is 11.4. The first-order valence-electron chi connectivity index (χ1n) is 8.18. The number of benzene rings is 1. The van der Waals surface area contributed by atoms with Crippen LogP contribution in [0.1, 0.15) is 17.5 Å². The molecule has 0 radical (unpaired) electrons. The molecule has 1 N–H and O–H groups in total. The average Bonchev–Trinajstić information content (AvgIpc) is 2.97. The van der Waals surface area contributed by atoms with E-state index >= 15 is 0 Å². The smallest absolute Gasteiger partial charge is 0.193 e. The van der Waals surface area contributed by atoms with E-state index in [-0.39, 0.29) is 0 Å². The van der Waals surface area contributed by atoms with Gasteiger partial charge in [-0.05, 0) is 25.0 Å². The maximum Gasteiger partial charge on any atom is 0.193 e. The maximum atomic E-state index is 5.81. The molecule has 6 heteroatoms. The van der Waals surface area contributed by atoms with Crippen molar-refractivity contribution in [3.8, 4) is 5.75 Å². The van der Waals surface area contributed by atoms with E-state index in [1.807, 2.05) is 49.4 Å². The monoisotopic (exact) mass is 329 g/mol. The highest BCUT2D eigenvalue weighted by Gasteiger charge is 2.07. The molecule has 0 bridgehead atoms. The molecule has 0 unspecified atom stereocenters. The SMILES string of the molecule is CN=C(NCCCOc1ccccc1C)N(C)Cc1cnn(C)c1. The van der Waals surface area contributed by atoms with Crippen molar-refractivity contribution in [1.29, 1.82) is 0 Å². The highest BCUT2D eigenvalue weighted by molar-refractivity contribution is 5.79. The van der Waals surface area contributed by atoms with Gasteiger partial charge in [-0.1, -0.05) is 18.2 Å². The van der Waals surface area contributed by atoms with Gasteiger partial charge in [0.05, 0.1) is 12.8 Å². The zero-order valence-electron chi connectivity index (χ0n) is 15.0. The van der Waals surface area contributed by atoms with Gasteiger partial charge in [-0.2, -0.15) is 5.10 Å². The maximum absolute atomic E-state index is 5.81. The lowest BCUT2D eigenvalue weighted by atomic mass is 10.2. The average molecular weight is 329 g/mol. The number of guanidine groups is 1. The van der Waals surface area contributed by atoms with Crippen molar-refractivity contribution in [2.24, 2.45) is 12.0 Å². The lowest BCUT2D eigenvalue weighted by molar-refractivity contribution is 0.308. The predicted octanol–water partition coefficient (Wildman–Crippen LogP) is 2.20. The number of hydrogen-bond donors (Lipinski definition) is 1. The van der Waals surface area contributed by atoms with Gasteiger partial charge < -0.3 is 15.0 Å². The van der Waals surface area contributed by atoms with Gasteiger partial charge in [0.2, 0.25) is 0 Å². The predicted molar refractivity (Wildman–Crippen MR) is 97.3 cm³/mol. The summed E-state index contributed by atoms with van der Waals surface area (Å²) in [6.45, 7) is 4.33. The zero-order chi connectivity index (χ0) is 17.4. The van der Waals surface area contributed by atoms with E-state index in [0.29, 0.717) is 6.61 Å². The Morgan fingerprint density at radius 2 is 2.17 bits per heavy atom. The van der Waals surface area contributed by atoms with E-state index in [1.165, 1.54) is 0 Å². The molecule has 1 aromatic heterocycles. The molecule has 0 saturated carbocycles. The minimum Gasteiger partial charge on any atom is -0.493 e. The number of rotatable bonds is 7. The number of aliphatic imine (C=N–C) groups is 1. The van der Waals surface area contributed by atoms with Crippen LogP contribution >= 0.6 is 0 Å². The van der Waals surface area contributed by atoms with Crippen LogP contribution in [0.2, 0.25) is 0 Å². The summed E-state index contributed by atoms with van der Waals surface area (Å²) >= 11 is 0. The third-order valence-electron chi connectivity index (χ3n) is 3.71. The Morgan fingerprint density at radius 1 is 1.38 bits per heavy atom. The van der Waals surface area contributed by atoms with Crippen molar-refractivity contribution in [3.63, 3.8) is 0 Å². The molecule has 24 heavy (non-hydrogen) atoms. The fourth-order valence-electron chi connectivity index (χ4n) is 2.46. The third kappa shape index (κ3) is 5.30. The van der Waals surface area contributed by atoms with Crippen LogP contribution in [-0.2, 0) is 13.6 Å². The molecule has 0 spiro atoms. The van der Waals surface area contributed by atoms with Crippen molar-refractivity contribution in [1.82, 2.24) is 20.0 Å². The van der Waals surface area contributed by atoms with Gasteiger partial charge in [-0.15, -0.1) is 0 Å². The molecule has 6 nitrogen and oxygen atoms in total. The highest BCUT2D eigenvalue weighted by Crippen LogP contribution is 2.15. The third-order valence-corrected chi connectivity index (χ3v) is 3.71. The van der Waals surface area contributed by atoms with Gasteiger partial charge in [0.15, 0.2) is 5.96 Å². The van der Waals surface area contributed by atoms with E-state index < -0.39 is 0 Å². The standard InChI is InChI=1S/C18H27N5O/c1-15-8-5-6-9-17(15)24-11-7-10-20-18(19-2)22(3)13-16-12-21-23(4)14-16/h5-6,8-9,12,14H,7,10-11,13H2,1-4H3,(H,19,20). The summed E-state index contributed by atoms with van der Waals surface area (Å²) in [7, 11) is 5.74. The molecule has 0 atom stereocenters. The van der Waals surface area contributed by atoms with Gasteiger partial charge >= 0.3 is 0 Å². The van der Waals surface area contributed by atoms with Crippen LogP contribution in [0, 0.1) is 6.92 Å². The van der Waals surface area contributed by atoms with Crippen LogP contribution in [0.15, 0.2) is 41.7 Å². The van der Waals surface area contributed by atoms with Crippen LogP contribution in [0.3, 0.4) is 0 Å². The van der Waals surface area contributed by atoms with Crippen molar-refractivity contribution in [2.75, 3.05) is 27.2 Å². The Labute approximate surface area is 144 Å². The van der Waals surface area contributed by atoms with Crippen LogP contribution in [-0.4, -0.2) is 47.9 Å². The van der Waals surface area contributed by atoms with Gasteiger partial charge in [0, 0.05) is 46.0 Å². The summed E-state index contributed by atoms with van der Waals surface area (Å²) in [5.41, 5.74) is 2.32. The molecule has 0 amide bonds. The fourth-order valence-corrected chi connectivity index (χ4v) is 2.46. The molecule has 0 aliphatic carbocycles. The molecule has 1 aromatic carbocycles. The van der Waals surface area contributed by atoms with Crippen molar-refractivity contribution >= 4 is 5.96 Å². The summed E-state index contributed by atoms with van der Waals surface area (Å²) in [6.07, 6.45) is 4.80. The van der Waals surface area contributed by atoms with Gasteiger partial charge in [0.1, 0.15) is 5.75 Å². The second kappa shape index (κ2) is 8.96. The first kappa shape index (κ1) is 17.8. The Hall–Kier alpha value is -2.50. The number of nitrogens with one attached hydrogen (secondary N) is 1. The van der Waals surface area contributed by atoms with Gasteiger partial charge in [-0.3, -0.25) is 9.67 Å². The van der Waals surface area contributed by atoms with Crippen molar-refractivity contribution in [2.45, 2.75) is 19.9 Å². The summed E-state index contributed by atoms with van der Waals surface area (Å²) in [5.74, 6) is 1.82. The van der Waals surface area contributed by atoms with Crippen molar-refractivity contribution < 1.29 is 4.74 Å². The molecule has 0 aliphatic rings. The second-order valence-electron chi connectivity index (χ2n) is 5.82. The van der Waals surface area contributed by atoms with Crippen LogP contribution in [0.5, 0.6) is 5.75 Å². The minimum atomic E-state index is 0.682. The van der Waals surface area contributed by atoms with Gasteiger partial charge in [0.25, 0.3) is 0 Å². The summed E-state index contributed by atoms with van der Waals surface area (Å²) in [4.78, 5) is 6.41. The first-order valence-corrected chi connectivity index (χ1v) is 8.18. The molecule has 2 rings (SSSR count). The number of nitrogens with zero attached hydrogens (tertiary/aromatic N) is 4. The van der Waals surface area contributed by atoms with E-state index in [2.05, 4.69) is 33.3 Å². The van der Waals surface area contributed by atoms with E-state index in [1.54, 1.807) is 7.05 Å². The summed E-state index contributed by atoms with van der Waals surface area (Å²) < 4.78 is 7.61. The molecule has 130 valence electrons. The van der Waals surface area contributed by atoms with Crippen LogP contribution < -0.4 is 10.1 Å². The quantitative estimate of drug-likeness (QED) is 0.481. The summed E-state index contributed by atoms with van der Waals surface area (Å²) in [6, 6.07) is 8.08. The lowest BCUT2D eigenvalue weighted by Crippen LogP contribution is -2.39. The number of ether oxygens (including phenoxy) is 1. The van der Waals surface area contributed by atoms with Crippen molar-refractivity contribution in [3.05, 3.63) is 47.8 Å². The largest absolute Gasteiger partial charge is 0.493 e. The minimum absolute atomic E-state index is 0.682. The Kier molecular flexibility index (Phi) is 6.66. The van der Waals surface area contributed by atoms with Crippen LogP contribution in [0.25, 0.3) is 0 Å². The summed E-state index contributed by atoms with van der Waals surface area (Å²) in [5, 5.41) is 7.56. The zero-order valence-corrected chi connectivity index (χ0v) is 15.0. The number of aromatic nitrogens is 2. The topological polar surface area (TPSA) is 54.7 Å². The molecule has 0 saturated heterocycles. The Bertz CT molecular complexity index is 665. The van der Waals surface area contributed by atoms with E-state index in [4.69, 9.17) is 4.74 Å². The number of aryl methyl sites for hydroxylation is 2. The number of para-hydroxylation sites is 1. The molecule has 2 aromatic rings. The van der Waals surface area contributed by atoms with E-state index in [0.717, 1.165) is 42.3 Å². The van der Waals surface area contributed by atoms with Crippen LogP contribution in [0.4, 0.5) is 0 Å². The Morgan fingerprint density at radius 3 is 2.83 bits per heavy atom. The Balaban J connectivity index is 1.70. The first-order chi connectivity index (χ1) is 11.6. The molecule has 1 heterocycles. The van der Waals surface area contributed by atoms with E-state index in [9.17, 15) is 0 Å². The van der Waals surface area contributed by atoms with Gasteiger partial charge in [-0.25, -0.2) is 0 Å². The second-order valence-corrected chi connectivity index (χ2v) is 5.82. The molecule has 0 aliphatic heterocycles. The molecular formula is C18H27N5O. The highest BCUT2D eigenvalue weighted by atomic mass is 16.5. The number of hydrogen-bond acceptors (Lipinski definition) is 3. The molecular weight excluding hydrogens is 302 g/mol. The fraction of sp³-hybridized carbons (Fsp3) is 0.444. The molecule has 0 fully saturated rings.